The Balaban J connectivity index is 1.59. The zero-order chi connectivity index (χ0) is 22.8. The molecule has 3 heterocycles. The number of nitrogens with one attached hydrogen (secondary N) is 1. The molecule has 0 spiro atoms. The van der Waals surface area contributed by atoms with Gasteiger partial charge in [-0.05, 0) is 24.6 Å². The summed E-state index contributed by atoms with van der Waals surface area (Å²) in [5.74, 6) is 0.587. The third-order valence-corrected chi connectivity index (χ3v) is 6.69. The van der Waals surface area contributed by atoms with Crippen LogP contribution >= 0.6 is 22.9 Å². The van der Waals surface area contributed by atoms with Crippen LogP contribution in [0.5, 0.6) is 11.5 Å². The smallest absolute Gasteiger partial charge is 0.264 e. The lowest BCUT2D eigenvalue weighted by atomic mass is 10.1. The van der Waals surface area contributed by atoms with Crippen LogP contribution in [0.25, 0.3) is 10.2 Å². The number of fused-ring (bicyclic) bond motifs is 1. The number of likely N-dealkylation sites (N-methyl/N-ethyl adjacent to an activating group) is 1. The van der Waals surface area contributed by atoms with Gasteiger partial charge in [0.05, 0.1) is 26.2 Å². The molecule has 0 bridgehead atoms. The van der Waals surface area contributed by atoms with Gasteiger partial charge in [-0.25, -0.2) is 0 Å². The van der Waals surface area contributed by atoms with Crippen molar-refractivity contribution in [2.75, 3.05) is 27.2 Å². The van der Waals surface area contributed by atoms with Crippen LogP contribution in [-0.4, -0.2) is 60.2 Å². The van der Waals surface area contributed by atoms with Gasteiger partial charge in [-0.3, -0.25) is 14.6 Å². The molecular weight excluding hydrogens is 454 g/mol. The predicted octanol–water partition coefficient (Wildman–Crippen LogP) is 3.38. The van der Waals surface area contributed by atoms with Crippen LogP contribution in [0.3, 0.4) is 0 Å². The number of halogens is 1. The highest BCUT2D eigenvalue weighted by Crippen LogP contribution is 2.37. The van der Waals surface area contributed by atoms with Crippen LogP contribution in [-0.2, 0) is 9.53 Å². The Kier molecular flexibility index (Phi) is 6.61. The molecule has 0 aliphatic carbocycles. The summed E-state index contributed by atoms with van der Waals surface area (Å²) in [7, 11) is 2.97. The molecule has 0 radical (unpaired) electrons. The number of β-amino-alcohol motifs (C(OH)–C–C–N with tert-alkyl or cyclic N) is 1. The highest BCUT2D eigenvalue weighted by atomic mass is 35.5. The Morgan fingerprint density at radius 1 is 1.34 bits per heavy atom. The van der Waals surface area contributed by atoms with E-state index in [-0.39, 0.29) is 11.8 Å². The van der Waals surface area contributed by atoms with Crippen molar-refractivity contribution in [3.63, 3.8) is 0 Å². The quantitative estimate of drug-likeness (QED) is 0.566. The molecule has 2 amide bonds. The van der Waals surface area contributed by atoms with Crippen LogP contribution in [0.4, 0.5) is 0 Å². The molecule has 1 fully saturated rings. The molecule has 0 saturated carbocycles. The van der Waals surface area contributed by atoms with E-state index in [1.165, 1.54) is 25.5 Å². The van der Waals surface area contributed by atoms with Gasteiger partial charge >= 0.3 is 0 Å². The van der Waals surface area contributed by atoms with Crippen molar-refractivity contribution in [2.45, 2.75) is 18.6 Å². The third-order valence-electron chi connectivity index (χ3n) is 5.24. The lowest BCUT2D eigenvalue weighted by Gasteiger charge is -2.16. The summed E-state index contributed by atoms with van der Waals surface area (Å²) >= 11 is 7.69. The second-order valence-corrected chi connectivity index (χ2v) is 8.80. The highest BCUT2D eigenvalue weighted by molar-refractivity contribution is 7.21. The molecule has 2 N–H and O–H groups in total. The zero-order valence-electron chi connectivity index (χ0n) is 17.5. The Morgan fingerprint density at radius 3 is 2.81 bits per heavy atom. The van der Waals surface area contributed by atoms with Gasteiger partial charge in [-0.15, -0.1) is 11.3 Å². The molecule has 2 atom stereocenters. The first kappa shape index (κ1) is 22.5. The number of benzene rings is 1. The van der Waals surface area contributed by atoms with E-state index in [1.54, 1.807) is 41.4 Å². The average Bonchev–Trinajstić information content (AvgIpc) is 3.42. The maximum Gasteiger partial charge on any atom is 0.264 e. The van der Waals surface area contributed by atoms with Crippen LogP contribution in [0.1, 0.15) is 27.8 Å². The summed E-state index contributed by atoms with van der Waals surface area (Å²) in [5, 5.41) is 12.6. The first-order chi connectivity index (χ1) is 15.4. The number of pyridine rings is 1. The number of carbonyl (C=O) groups excluding carboxylic acids is 2. The first-order valence-electron chi connectivity index (χ1n) is 9.98. The number of thiophene rings is 1. The van der Waals surface area contributed by atoms with Crippen molar-refractivity contribution >= 4 is 45.0 Å². The minimum Gasteiger partial charge on any atom is -0.456 e. The van der Waals surface area contributed by atoms with Crippen molar-refractivity contribution in [2.24, 2.45) is 0 Å². The molecule has 3 aromatic rings. The van der Waals surface area contributed by atoms with Crippen LogP contribution in [0, 0.1) is 0 Å². The molecule has 168 valence electrons. The molecule has 1 saturated heterocycles. The van der Waals surface area contributed by atoms with Gasteiger partial charge in [0, 0.05) is 45.1 Å². The maximum atomic E-state index is 12.8. The molecular formula is C22H22ClN3O5S. The number of rotatable bonds is 6. The predicted molar refractivity (Wildman–Crippen MR) is 121 cm³/mol. The Hall–Kier alpha value is -2.72. The fourth-order valence-corrected chi connectivity index (χ4v) is 4.90. The number of amides is 2. The van der Waals surface area contributed by atoms with E-state index < -0.39 is 12.2 Å². The molecule has 1 unspecified atom stereocenters. The van der Waals surface area contributed by atoms with E-state index in [1.807, 2.05) is 0 Å². The van der Waals surface area contributed by atoms with Crippen molar-refractivity contribution < 1.29 is 24.2 Å². The highest BCUT2D eigenvalue weighted by Gasteiger charge is 2.27. The summed E-state index contributed by atoms with van der Waals surface area (Å²) in [6.45, 7) is 0.877. The minimum atomic E-state index is -0.829. The Bertz CT molecular complexity index is 1170. The topological polar surface area (TPSA) is 101 Å². The van der Waals surface area contributed by atoms with E-state index in [0.29, 0.717) is 52.0 Å². The van der Waals surface area contributed by atoms with E-state index >= 15 is 0 Å². The number of nitrogens with zero attached hydrogens (tertiary/aromatic N) is 2. The van der Waals surface area contributed by atoms with Crippen molar-refractivity contribution in [1.29, 1.82) is 0 Å². The molecule has 4 rings (SSSR count). The maximum absolute atomic E-state index is 12.8. The second kappa shape index (κ2) is 9.41. The van der Waals surface area contributed by atoms with Gasteiger partial charge in [0.2, 0.25) is 0 Å². The fraction of sp³-hybridized carbons (Fsp3) is 0.318. The van der Waals surface area contributed by atoms with Gasteiger partial charge in [0.15, 0.2) is 6.10 Å². The number of likely N-dealkylation sites (tertiary alicyclic amines) is 1. The molecule has 1 aliphatic rings. The molecule has 1 aliphatic heterocycles. The number of aliphatic hydroxyl groups excluding tert-OH is 1. The Labute approximate surface area is 193 Å². The van der Waals surface area contributed by atoms with Crippen molar-refractivity contribution in [1.82, 2.24) is 15.2 Å². The van der Waals surface area contributed by atoms with E-state index in [0.717, 1.165) is 4.70 Å². The summed E-state index contributed by atoms with van der Waals surface area (Å²) in [4.78, 5) is 31.3. The molecule has 1 aromatic carbocycles. The molecule has 32 heavy (non-hydrogen) atoms. The summed E-state index contributed by atoms with van der Waals surface area (Å²) < 4.78 is 12.0. The van der Waals surface area contributed by atoms with Crippen LogP contribution in [0.2, 0.25) is 5.02 Å². The van der Waals surface area contributed by atoms with Crippen molar-refractivity contribution in [3.05, 3.63) is 52.0 Å². The number of ether oxygens (including phenoxy) is 2. The zero-order valence-corrected chi connectivity index (χ0v) is 19.1. The summed E-state index contributed by atoms with van der Waals surface area (Å²) in [6, 6.07) is 8.46. The number of methoxy groups -OCH3 is 1. The lowest BCUT2D eigenvalue weighted by molar-refractivity contribution is -0.130. The van der Waals surface area contributed by atoms with Crippen molar-refractivity contribution in [3.8, 4) is 11.5 Å². The van der Waals surface area contributed by atoms with Crippen LogP contribution < -0.4 is 10.1 Å². The van der Waals surface area contributed by atoms with E-state index in [9.17, 15) is 14.7 Å². The minimum absolute atomic E-state index is 0.122. The molecule has 8 nitrogen and oxygen atoms in total. The van der Waals surface area contributed by atoms with Gasteiger partial charge in [-0.1, -0.05) is 17.7 Å². The largest absolute Gasteiger partial charge is 0.456 e. The average molecular weight is 476 g/mol. The Morgan fingerprint density at radius 2 is 2.16 bits per heavy atom. The summed E-state index contributed by atoms with van der Waals surface area (Å²) in [5.41, 5.74) is 1.18. The van der Waals surface area contributed by atoms with E-state index in [4.69, 9.17) is 21.1 Å². The third kappa shape index (κ3) is 4.42. The lowest BCUT2D eigenvalue weighted by Crippen LogP contribution is -2.28. The number of hydrogen-bond acceptors (Lipinski definition) is 7. The standard InChI is InChI=1S/C22H22ClN3O5S/c1-24-21(28)19(30-2)14-4-3-13(9-15(14)23)31-17-5-7-25-16-10-18(32-20(16)17)22(29)26-8-6-12(27)11-26/h3-5,7,9-10,12,19,27H,6,8,11H2,1-2H3,(H,24,28)/t12-,19?/m1/s1. The van der Waals surface area contributed by atoms with Gasteiger partial charge in [0.25, 0.3) is 11.8 Å². The number of aliphatic hydroxyl groups is 1. The fourth-order valence-electron chi connectivity index (χ4n) is 3.60. The monoisotopic (exact) mass is 475 g/mol. The molecule has 10 heteroatoms. The normalized spacial score (nSPS) is 16.9. The SMILES string of the molecule is CNC(=O)C(OC)c1ccc(Oc2ccnc3cc(C(=O)N4CC[C@@H](O)C4)sc23)cc1Cl. The van der Waals surface area contributed by atoms with Gasteiger partial charge in [-0.2, -0.15) is 0 Å². The van der Waals surface area contributed by atoms with E-state index in [2.05, 4.69) is 10.3 Å². The van der Waals surface area contributed by atoms with Crippen LogP contribution in [0.15, 0.2) is 36.5 Å². The second-order valence-electron chi connectivity index (χ2n) is 7.34. The van der Waals surface area contributed by atoms with Gasteiger partial charge < -0.3 is 24.8 Å². The summed E-state index contributed by atoms with van der Waals surface area (Å²) in [6.07, 6.45) is 0.897. The first-order valence-corrected chi connectivity index (χ1v) is 11.2. The van der Waals surface area contributed by atoms with Gasteiger partial charge in [0.1, 0.15) is 11.5 Å². The number of carbonyl (C=O) groups is 2. The number of aromatic nitrogens is 1. The number of hydrogen-bond donors (Lipinski definition) is 2. The molecule has 2 aromatic heterocycles.